The van der Waals surface area contributed by atoms with Gasteiger partial charge in [-0.1, -0.05) is 12.1 Å². The molecular weight excluding hydrogens is 340 g/mol. The molecule has 1 N–H and O–H groups in total. The number of imidazole rings is 1. The maximum atomic E-state index is 12.9. The first-order valence-electron chi connectivity index (χ1n) is 9.51. The smallest absolute Gasteiger partial charge is 0.222 e. The molecule has 27 heavy (non-hydrogen) atoms. The number of nitrogens with zero attached hydrogens (tertiary/aromatic N) is 3. The van der Waals surface area contributed by atoms with Gasteiger partial charge in [-0.05, 0) is 44.0 Å². The van der Waals surface area contributed by atoms with Crippen LogP contribution in [0.3, 0.4) is 0 Å². The highest BCUT2D eigenvalue weighted by Crippen LogP contribution is 2.33. The second kappa shape index (κ2) is 7.19. The zero-order valence-electron chi connectivity index (χ0n) is 15.9. The Hall–Kier alpha value is -2.60. The molecule has 3 aromatic rings. The zero-order chi connectivity index (χ0) is 18.9. The number of fused-ring (bicyclic) bond motifs is 1. The molecule has 1 aliphatic heterocycles. The Kier molecular flexibility index (Phi) is 4.74. The summed E-state index contributed by atoms with van der Waals surface area (Å²) in [5.41, 5.74) is 1.81. The number of carbonyl (C=O) groups excluding carboxylic acids is 1. The molecule has 1 amide bonds. The second-order valence-electron chi connectivity index (χ2n) is 7.41. The molecule has 0 saturated carbocycles. The Morgan fingerprint density at radius 1 is 1.22 bits per heavy atom. The third-order valence-corrected chi connectivity index (χ3v) is 5.65. The first-order chi connectivity index (χ1) is 13.1. The van der Waals surface area contributed by atoms with E-state index in [0.29, 0.717) is 19.6 Å². The first kappa shape index (κ1) is 17.8. The summed E-state index contributed by atoms with van der Waals surface area (Å²) in [4.78, 5) is 17.6. The largest absolute Gasteiger partial charge is 0.381 e. The van der Waals surface area contributed by atoms with Crippen molar-refractivity contribution in [3.8, 4) is 0 Å². The Labute approximate surface area is 159 Å². The molecule has 1 saturated heterocycles. The lowest BCUT2D eigenvalue weighted by atomic mass is 9.85. The standard InChI is InChI=1S/C21H26N4O2/c1-16(20-23-17-7-3-4-8-18(17)24(20)2)22-19(26)15-21(9-13-27-14-10-21)25-11-5-6-12-25/h3-8,11-12,16H,9-10,13-15H2,1-2H3,(H,22,26). The Bertz CT molecular complexity index is 923. The second-order valence-corrected chi connectivity index (χ2v) is 7.41. The lowest BCUT2D eigenvalue weighted by molar-refractivity contribution is -0.125. The number of hydrogen-bond acceptors (Lipinski definition) is 3. The van der Waals surface area contributed by atoms with Gasteiger partial charge < -0.3 is 19.2 Å². The van der Waals surface area contributed by atoms with Crippen molar-refractivity contribution in [2.45, 2.75) is 37.8 Å². The molecule has 1 fully saturated rings. The summed E-state index contributed by atoms with van der Waals surface area (Å²) in [5.74, 6) is 0.914. The van der Waals surface area contributed by atoms with Crippen LogP contribution in [-0.2, 0) is 22.1 Å². The van der Waals surface area contributed by atoms with Crippen LogP contribution in [0.15, 0.2) is 48.8 Å². The quantitative estimate of drug-likeness (QED) is 0.755. The van der Waals surface area contributed by atoms with Gasteiger partial charge in [-0.2, -0.15) is 0 Å². The van der Waals surface area contributed by atoms with E-state index in [2.05, 4.69) is 14.5 Å². The van der Waals surface area contributed by atoms with Gasteiger partial charge in [0.15, 0.2) is 0 Å². The minimum atomic E-state index is -0.210. The van der Waals surface area contributed by atoms with Crippen molar-refractivity contribution in [1.29, 1.82) is 0 Å². The van der Waals surface area contributed by atoms with E-state index >= 15 is 0 Å². The molecule has 2 aromatic heterocycles. The van der Waals surface area contributed by atoms with Crippen LogP contribution in [0, 0.1) is 0 Å². The maximum absolute atomic E-state index is 12.9. The molecule has 0 radical (unpaired) electrons. The number of rotatable bonds is 5. The zero-order valence-corrected chi connectivity index (χ0v) is 15.9. The lowest BCUT2D eigenvalue weighted by Crippen LogP contribution is -2.43. The summed E-state index contributed by atoms with van der Waals surface area (Å²) in [5, 5.41) is 3.16. The van der Waals surface area contributed by atoms with Crippen LogP contribution in [0.25, 0.3) is 11.0 Å². The van der Waals surface area contributed by atoms with Gasteiger partial charge in [-0.3, -0.25) is 4.79 Å². The van der Waals surface area contributed by atoms with Crippen molar-refractivity contribution in [2.75, 3.05) is 13.2 Å². The first-order valence-corrected chi connectivity index (χ1v) is 9.51. The maximum Gasteiger partial charge on any atom is 0.222 e. The van der Waals surface area contributed by atoms with Gasteiger partial charge in [0, 0.05) is 32.7 Å². The van der Waals surface area contributed by atoms with Crippen molar-refractivity contribution in [2.24, 2.45) is 7.05 Å². The van der Waals surface area contributed by atoms with E-state index in [9.17, 15) is 4.79 Å². The van der Waals surface area contributed by atoms with E-state index in [1.165, 1.54) is 0 Å². The fourth-order valence-electron chi connectivity index (χ4n) is 4.14. The van der Waals surface area contributed by atoms with Crippen molar-refractivity contribution in [3.05, 3.63) is 54.6 Å². The summed E-state index contributed by atoms with van der Waals surface area (Å²) in [6.45, 7) is 3.36. The highest BCUT2D eigenvalue weighted by Gasteiger charge is 2.36. The highest BCUT2D eigenvalue weighted by atomic mass is 16.5. The number of aryl methyl sites for hydroxylation is 1. The van der Waals surface area contributed by atoms with Gasteiger partial charge in [0.25, 0.3) is 0 Å². The van der Waals surface area contributed by atoms with Gasteiger partial charge >= 0.3 is 0 Å². The number of benzene rings is 1. The molecule has 142 valence electrons. The van der Waals surface area contributed by atoms with E-state index in [-0.39, 0.29) is 17.5 Å². The SMILES string of the molecule is CC(NC(=O)CC1(n2cccc2)CCOCC1)c1nc2ccccc2n1C. The van der Waals surface area contributed by atoms with Crippen LogP contribution >= 0.6 is 0 Å². The van der Waals surface area contributed by atoms with Crippen LogP contribution in [0.1, 0.15) is 38.1 Å². The molecule has 1 atom stereocenters. The van der Waals surface area contributed by atoms with Crippen LogP contribution in [0.4, 0.5) is 0 Å². The third-order valence-electron chi connectivity index (χ3n) is 5.65. The van der Waals surface area contributed by atoms with Crippen LogP contribution in [0.5, 0.6) is 0 Å². The van der Waals surface area contributed by atoms with Gasteiger partial charge in [0.1, 0.15) is 5.82 Å². The van der Waals surface area contributed by atoms with Crippen molar-refractivity contribution in [3.63, 3.8) is 0 Å². The number of para-hydroxylation sites is 2. The number of aromatic nitrogens is 3. The van der Waals surface area contributed by atoms with Gasteiger partial charge in [-0.25, -0.2) is 4.98 Å². The molecule has 6 nitrogen and oxygen atoms in total. The summed E-state index contributed by atoms with van der Waals surface area (Å²) >= 11 is 0. The Balaban J connectivity index is 1.51. The third kappa shape index (κ3) is 3.37. The Morgan fingerprint density at radius 3 is 2.63 bits per heavy atom. The molecule has 4 rings (SSSR count). The summed E-state index contributed by atoms with van der Waals surface area (Å²) in [7, 11) is 1.99. The molecule has 3 heterocycles. The van der Waals surface area contributed by atoms with Crippen molar-refractivity contribution >= 4 is 16.9 Å². The van der Waals surface area contributed by atoms with Crippen molar-refractivity contribution < 1.29 is 9.53 Å². The molecule has 0 bridgehead atoms. The molecular formula is C21H26N4O2. The van der Waals surface area contributed by atoms with E-state index < -0.39 is 0 Å². The normalized spacial score (nSPS) is 17.7. The molecule has 1 aromatic carbocycles. The number of hydrogen-bond donors (Lipinski definition) is 1. The average molecular weight is 366 g/mol. The minimum Gasteiger partial charge on any atom is -0.381 e. The molecule has 6 heteroatoms. The predicted octanol–water partition coefficient (Wildman–Crippen LogP) is 3.15. The minimum absolute atomic E-state index is 0.0464. The fraction of sp³-hybridized carbons (Fsp3) is 0.429. The van der Waals surface area contributed by atoms with Gasteiger partial charge in [0.05, 0.1) is 29.0 Å². The molecule has 0 aliphatic carbocycles. The van der Waals surface area contributed by atoms with Gasteiger partial charge in [-0.15, -0.1) is 0 Å². The molecule has 0 spiro atoms. The number of ether oxygens (including phenoxy) is 1. The number of nitrogens with one attached hydrogen (secondary N) is 1. The van der Waals surface area contributed by atoms with E-state index in [1.54, 1.807) is 0 Å². The fourth-order valence-corrected chi connectivity index (χ4v) is 4.14. The van der Waals surface area contributed by atoms with Crippen LogP contribution < -0.4 is 5.32 Å². The van der Waals surface area contributed by atoms with Crippen molar-refractivity contribution in [1.82, 2.24) is 19.4 Å². The number of amides is 1. The molecule has 1 aliphatic rings. The summed E-state index contributed by atoms with van der Waals surface area (Å²) in [6, 6.07) is 11.9. The predicted molar refractivity (Wildman–Crippen MR) is 104 cm³/mol. The Morgan fingerprint density at radius 2 is 1.93 bits per heavy atom. The van der Waals surface area contributed by atoms with Crippen LogP contribution in [0.2, 0.25) is 0 Å². The van der Waals surface area contributed by atoms with Gasteiger partial charge in [0.2, 0.25) is 5.91 Å². The average Bonchev–Trinajstić information content (AvgIpc) is 3.32. The topological polar surface area (TPSA) is 61.1 Å². The summed E-state index contributed by atoms with van der Waals surface area (Å²) < 4.78 is 9.77. The summed E-state index contributed by atoms with van der Waals surface area (Å²) in [6.07, 6.45) is 6.23. The van der Waals surface area contributed by atoms with E-state index in [0.717, 1.165) is 29.7 Å². The molecule has 1 unspecified atom stereocenters. The lowest BCUT2D eigenvalue weighted by Gasteiger charge is -2.38. The monoisotopic (exact) mass is 366 g/mol. The highest BCUT2D eigenvalue weighted by molar-refractivity contribution is 5.78. The van der Waals surface area contributed by atoms with E-state index in [4.69, 9.17) is 9.72 Å². The van der Waals surface area contributed by atoms with E-state index in [1.807, 2.05) is 62.8 Å². The number of carbonyl (C=O) groups is 1. The van der Waals surface area contributed by atoms with Crippen LogP contribution in [-0.4, -0.2) is 33.2 Å².